The fourth-order valence-corrected chi connectivity index (χ4v) is 4.25. The molecule has 1 aromatic heterocycles. The van der Waals surface area contributed by atoms with Gasteiger partial charge in [-0.25, -0.2) is 4.68 Å². The second-order valence-corrected chi connectivity index (χ2v) is 7.34. The lowest BCUT2D eigenvalue weighted by Crippen LogP contribution is -2.45. The van der Waals surface area contributed by atoms with Crippen molar-refractivity contribution < 1.29 is 4.79 Å². The van der Waals surface area contributed by atoms with Crippen LogP contribution in [0.3, 0.4) is 0 Å². The number of carbonyl (C=O) groups is 1. The number of nitrogens with one attached hydrogen (secondary N) is 1. The number of hydrogen-bond acceptors (Lipinski definition) is 4. The molecule has 24 heavy (non-hydrogen) atoms. The Morgan fingerprint density at radius 3 is 2.88 bits per heavy atom. The molecule has 1 N–H and O–H groups in total. The van der Waals surface area contributed by atoms with Crippen molar-refractivity contribution in [1.82, 2.24) is 25.2 Å². The van der Waals surface area contributed by atoms with Crippen LogP contribution in [0.1, 0.15) is 75.3 Å². The summed E-state index contributed by atoms with van der Waals surface area (Å²) in [5, 5.41) is 11.9. The molecule has 2 fully saturated rings. The second-order valence-electron chi connectivity index (χ2n) is 7.34. The van der Waals surface area contributed by atoms with Crippen LogP contribution in [0.25, 0.3) is 0 Å². The van der Waals surface area contributed by atoms with Gasteiger partial charge in [-0.05, 0) is 58.0 Å². The number of carbonyl (C=O) groups excluding carboxylic acids is 1. The van der Waals surface area contributed by atoms with Crippen LogP contribution in [0.2, 0.25) is 0 Å². The summed E-state index contributed by atoms with van der Waals surface area (Å²) < 4.78 is 1.92. The summed E-state index contributed by atoms with van der Waals surface area (Å²) in [7, 11) is 0. The minimum Gasteiger partial charge on any atom is -0.334 e. The number of aromatic nitrogens is 3. The SMILES string of the molecule is CCN(C(=O)c1cn(C2CCCNCC2)nn1)C1CCCCC1C. The molecule has 0 aromatic carbocycles. The van der Waals surface area contributed by atoms with Crippen LogP contribution in [-0.2, 0) is 0 Å². The third-order valence-corrected chi connectivity index (χ3v) is 5.72. The van der Waals surface area contributed by atoms with Crippen molar-refractivity contribution in [1.29, 1.82) is 0 Å². The van der Waals surface area contributed by atoms with E-state index in [9.17, 15) is 4.79 Å². The zero-order valence-corrected chi connectivity index (χ0v) is 15.1. The zero-order chi connectivity index (χ0) is 16.9. The Hall–Kier alpha value is -1.43. The Kier molecular flexibility index (Phi) is 5.87. The molecule has 0 spiro atoms. The molecule has 1 saturated heterocycles. The van der Waals surface area contributed by atoms with E-state index in [1.807, 2.05) is 15.8 Å². The average Bonchev–Trinajstić information content (AvgIpc) is 2.93. The fourth-order valence-electron chi connectivity index (χ4n) is 4.25. The maximum atomic E-state index is 13.0. The quantitative estimate of drug-likeness (QED) is 0.920. The summed E-state index contributed by atoms with van der Waals surface area (Å²) in [4.78, 5) is 15.0. The van der Waals surface area contributed by atoms with Gasteiger partial charge in [0.1, 0.15) is 0 Å². The van der Waals surface area contributed by atoms with Gasteiger partial charge >= 0.3 is 0 Å². The van der Waals surface area contributed by atoms with E-state index in [-0.39, 0.29) is 5.91 Å². The lowest BCUT2D eigenvalue weighted by molar-refractivity contribution is 0.0563. The first kappa shape index (κ1) is 17.4. The molecule has 0 bridgehead atoms. The predicted octanol–water partition coefficient (Wildman–Crippen LogP) is 2.63. The Morgan fingerprint density at radius 2 is 2.08 bits per heavy atom. The van der Waals surface area contributed by atoms with Crippen LogP contribution in [0.5, 0.6) is 0 Å². The minimum atomic E-state index is 0.0502. The molecule has 3 rings (SSSR count). The molecule has 1 aliphatic carbocycles. The number of rotatable bonds is 4. The Bertz CT molecular complexity index is 535. The molecule has 6 nitrogen and oxygen atoms in total. The molecule has 1 amide bonds. The number of nitrogens with zero attached hydrogens (tertiary/aromatic N) is 4. The van der Waals surface area contributed by atoms with Crippen molar-refractivity contribution in [2.45, 2.75) is 70.9 Å². The maximum absolute atomic E-state index is 13.0. The van der Waals surface area contributed by atoms with E-state index < -0.39 is 0 Å². The van der Waals surface area contributed by atoms with E-state index in [1.54, 1.807) is 0 Å². The van der Waals surface area contributed by atoms with E-state index in [4.69, 9.17) is 0 Å². The molecule has 2 heterocycles. The smallest absolute Gasteiger partial charge is 0.276 e. The van der Waals surface area contributed by atoms with Gasteiger partial charge in [0.2, 0.25) is 0 Å². The van der Waals surface area contributed by atoms with Gasteiger partial charge in [0.25, 0.3) is 5.91 Å². The third-order valence-electron chi connectivity index (χ3n) is 5.72. The van der Waals surface area contributed by atoms with Crippen molar-refractivity contribution in [3.8, 4) is 0 Å². The van der Waals surface area contributed by atoms with Crippen LogP contribution >= 0.6 is 0 Å². The molecule has 3 atom stereocenters. The van der Waals surface area contributed by atoms with Gasteiger partial charge in [0.05, 0.1) is 12.2 Å². The van der Waals surface area contributed by atoms with E-state index in [0.717, 1.165) is 45.3 Å². The molecular formula is C18H31N5O. The van der Waals surface area contributed by atoms with E-state index in [2.05, 4.69) is 29.5 Å². The largest absolute Gasteiger partial charge is 0.334 e. The van der Waals surface area contributed by atoms with Gasteiger partial charge in [0.15, 0.2) is 5.69 Å². The minimum absolute atomic E-state index is 0.0502. The summed E-state index contributed by atoms with van der Waals surface area (Å²) in [5.74, 6) is 0.625. The standard InChI is InChI=1S/C18H31N5O/c1-3-22(17-9-5-4-7-14(17)2)18(24)16-13-23(21-20-16)15-8-6-11-19-12-10-15/h13-15,17,19H,3-12H2,1-2H3. The fraction of sp³-hybridized carbons (Fsp3) is 0.833. The summed E-state index contributed by atoms with van der Waals surface area (Å²) in [6.45, 7) is 7.17. The topological polar surface area (TPSA) is 63.1 Å². The van der Waals surface area contributed by atoms with Gasteiger partial charge in [-0.3, -0.25) is 4.79 Å². The molecular weight excluding hydrogens is 302 g/mol. The highest BCUT2D eigenvalue weighted by atomic mass is 16.2. The highest BCUT2D eigenvalue weighted by Crippen LogP contribution is 2.29. The molecule has 1 aromatic rings. The van der Waals surface area contributed by atoms with Gasteiger partial charge in [-0.2, -0.15) is 0 Å². The van der Waals surface area contributed by atoms with E-state index in [1.165, 1.54) is 19.3 Å². The molecule has 6 heteroatoms. The zero-order valence-electron chi connectivity index (χ0n) is 15.1. The first-order valence-corrected chi connectivity index (χ1v) is 9.64. The lowest BCUT2D eigenvalue weighted by Gasteiger charge is -2.37. The van der Waals surface area contributed by atoms with E-state index >= 15 is 0 Å². The van der Waals surface area contributed by atoms with Gasteiger partial charge in [0, 0.05) is 12.6 Å². The lowest BCUT2D eigenvalue weighted by atomic mass is 9.84. The van der Waals surface area contributed by atoms with Crippen LogP contribution in [0.4, 0.5) is 0 Å². The molecule has 1 aliphatic heterocycles. The van der Waals surface area contributed by atoms with Crippen molar-refractivity contribution >= 4 is 5.91 Å². The highest BCUT2D eigenvalue weighted by Gasteiger charge is 2.31. The molecule has 3 unspecified atom stereocenters. The van der Waals surface area contributed by atoms with E-state index in [0.29, 0.717) is 23.7 Å². The van der Waals surface area contributed by atoms with Gasteiger partial charge in [-0.1, -0.05) is 25.0 Å². The first-order valence-electron chi connectivity index (χ1n) is 9.64. The van der Waals surface area contributed by atoms with Crippen molar-refractivity contribution in [3.05, 3.63) is 11.9 Å². The number of hydrogen-bond donors (Lipinski definition) is 1. The van der Waals surface area contributed by atoms with Gasteiger partial charge < -0.3 is 10.2 Å². The highest BCUT2D eigenvalue weighted by molar-refractivity contribution is 5.92. The maximum Gasteiger partial charge on any atom is 0.276 e. The number of amides is 1. The first-order chi connectivity index (χ1) is 11.7. The van der Waals surface area contributed by atoms with Crippen molar-refractivity contribution in [2.24, 2.45) is 5.92 Å². The van der Waals surface area contributed by atoms with Crippen LogP contribution < -0.4 is 5.32 Å². The van der Waals surface area contributed by atoms with Crippen molar-refractivity contribution in [3.63, 3.8) is 0 Å². The second kappa shape index (κ2) is 8.10. The predicted molar refractivity (Wildman–Crippen MR) is 93.9 cm³/mol. The summed E-state index contributed by atoms with van der Waals surface area (Å²) in [6.07, 6.45) is 10.0. The van der Waals surface area contributed by atoms with Gasteiger partial charge in [-0.15, -0.1) is 5.10 Å². The molecule has 1 saturated carbocycles. The Labute approximate surface area is 145 Å². The van der Waals surface area contributed by atoms with Crippen LogP contribution in [0, 0.1) is 5.92 Å². The summed E-state index contributed by atoms with van der Waals surface area (Å²) >= 11 is 0. The van der Waals surface area contributed by atoms with Crippen LogP contribution in [0.15, 0.2) is 6.20 Å². The molecule has 0 radical (unpaired) electrons. The Morgan fingerprint density at radius 1 is 1.25 bits per heavy atom. The normalized spacial score (nSPS) is 28.3. The van der Waals surface area contributed by atoms with Crippen LogP contribution in [-0.4, -0.2) is 51.5 Å². The van der Waals surface area contributed by atoms with Crippen molar-refractivity contribution in [2.75, 3.05) is 19.6 Å². The summed E-state index contributed by atoms with van der Waals surface area (Å²) in [5.41, 5.74) is 0.506. The molecule has 134 valence electrons. The average molecular weight is 333 g/mol. The monoisotopic (exact) mass is 333 g/mol. The summed E-state index contributed by atoms with van der Waals surface area (Å²) in [6, 6.07) is 0.709. The Balaban J connectivity index is 1.71. The molecule has 2 aliphatic rings. The third kappa shape index (κ3) is 3.79.